The summed E-state index contributed by atoms with van der Waals surface area (Å²) in [6.45, 7) is 1.83. The van der Waals surface area contributed by atoms with E-state index in [1.165, 1.54) is 6.33 Å². The van der Waals surface area contributed by atoms with Crippen LogP contribution in [0.2, 0.25) is 0 Å². The molecule has 6 heteroatoms. The highest BCUT2D eigenvalue weighted by Crippen LogP contribution is 2.22. The Morgan fingerprint density at radius 3 is 2.53 bits per heavy atom. The number of aliphatic hydroxyl groups is 1. The molecule has 0 spiro atoms. The summed E-state index contributed by atoms with van der Waals surface area (Å²) in [5.41, 5.74) is 4.31. The van der Waals surface area contributed by atoms with E-state index in [-0.39, 0.29) is 12.6 Å². The third-order valence-electron chi connectivity index (χ3n) is 2.92. The van der Waals surface area contributed by atoms with Crippen molar-refractivity contribution in [2.75, 3.05) is 17.3 Å². The van der Waals surface area contributed by atoms with Gasteiger partial charge in [-0.2, -0.15) is 0 Å². The van der Waals surface area contributed by atoms with Crippen molar-refractivity contribution in [3.8, 4) is 0 Å². The monoisotopic (exact) mass is 259 g/mol. The van der Waals surface area contributed by atoms with Crippen LogP contribution in [0.25, 0.3) is 0 Å². The maximum Gasteiger partial charge on any atom is 0.148 e. The smallest absolute Gasteiger partial charge is 0.148 e. The van der Waals surface area contributed by atoms with E-state index in [2.05, 4.69) is 20.7 Å². The number of hydrogen-bond donors (Lipinski definition) is 4. The lowest BCUT2D eigenvalue weighted by atomic mass is 10.1. The van der Waals surface area contributed by atoms with Crippen LogP contribution in [0.4, 0.5) is 11.6 Å². The van der Waals surface area contributed by atoms with E-state index in [4.69, 9.17) is 5.84 Å². The van der Waals surface area contributed by atoms with E-state index in [1.54, 1.807) is 0 Å². The lowest BCUT2D eigenvalue weighted by Gasteiger charge is -2.19. The first kappa shape index (κ1) is 13.3. The summed E-state index contributed by atoms with van der Waals surface area (Å²) in [5, 5.41) is 12.7. The van der Waals surface area contributed by atoms with Gasteiger partial charge in [-0.3, -0.25) is 0 Å². The first-order valence-electron chi connectivity index (χ1n) is 5.96. The third-order valence-corrected chi connectivity index (χ3v) is 2.92. The molecule has 0 aliphatic heterocycles. The van der Waals surface area contributed by atoms with E-state index < -0.39 is 0 Å². The fraction of sp³-hybridized carbons (Fsp3) is 0.231. The Hall–Kier alpha value is -2.18. The normalized spacial score (nSPS) is 11.9. The lowest BCUT2D eigenvalue weighted by molar-refractivity contribution is 0.276. The number of benzene rings is 1. The number of anilines is 2. The first-order valence-corrected chi connectivity index (χ1v) is 5.96. The molecule has 0 fully saturated rings. The van der Waals surface area contributed by atoms with Gasteiger partial charge >= 0.3 is 0 Å². The maximum absolute atomic E-state index is 9.51. The molecule has 1 aromatic carbocycles. The summed E-state index contributed by atoms with van der Waals surface area (Å²) in [6, 6.07) is 9.47. The van der Waals surface area contributed by atoms with Crippen LogP contribution in [0, 0.1) is 6.92 Å². The van der Waals surface area contributed by atoms with Crippen LogP contribution in [0.15, 0.2) is 36.7 Å². The van der Waals surface area contributed by atoms with E-state index >= 15 is 0 Å². The molecule has 0 saturated carbocycles. The van der Waals surface area contributed by atoms with Crippen LogP contribution in [0.3, 0.4) is 0 Å². The van der Waals surface area contributed by atoms with Crippen molar-refractivity contribution in [3.63, 3.8) is 0 Å². The number of aromatic nitrogens is 2. The maximum atomic E-state index is 9.51. The number of nitrogens with two attached hydrogens (primary N) is 1. The topological polar surface area (TPSA) is 96.1 Å². The first-order chi connectivity index (χ1) is 9.26. The SMILES string of the molecule is Cc1c(NN)ncnc1NC(CO)c1ccccc1. The second kappa shape index (κ2) is 6.12. The quantitative estimate of drug-likeness (QED) is 0.476. The average Bonchev–Trinajstić information content (AvgIpc) is 2.47. The van der Waals surface area contributed by atoms with Gasteiger partial charge < -0.3 is 15.8 Å². The molecule has 1 aromatic heterocycles. The molecule has 0 aliphatic carbocycles. The fourth-order valence-corrected chi connectivity index (χ4v) is 1.83. The predicted octanol–water partition coefficient (Wildman–Crippen LogP) is 1.22. The molecule has 1 heterocycles. The molecule has 2 rings (SSSR count). The van der Waals surface area contributed by atoms with Gasteiger partial charge in [0.2, 0.25) is 0 Å². The Morgan fingerprint density at radius 2 is 1.89 bits per heavy atom. The van der Waals surface area contributed by atoms with Crippen LogP contribution in [-0.4, -0.2) is 21.7 Å². The summed E-state index contributed by atoms with van der Waals surface area (Å²) in [4.78, 5) is 8.18. The molecule has 1 atom stereocenters. The van der Waals surface area contributed by atoms with Crippen molar-refractivity contribution in [1.29, 1.82) is 0 Å². The molecule has 100 valence electrons. The van der Waals surface area contributed by atoms with Crippen LogP contribution < -0.4 is 16.6 Å². The number of rotatable bonds is 5. The van der Waals surface area contributed by atoms with Gasteiger partial charge in [-0.1, -0.05) is 30.3 Å². The average molecular weight is 259 g/mol. The highest BCUT2D eigenvalue weighted by Gasteiger charge is 2.13. The summed E-state index contributed by atoms with van der Waals surface area (Å²) >= 11 is 0. The Labute approximate surface area is 111 Å². The Kier molecular flexibility index (Phi) is 4.27. The molecule has 0 bridgehead atoms. The molecule has 2 aromatic rings. The standard InChI is InChI=1S/C13H17N5O/c1-9-12(15-8-16-13(9)18-14)17-11(7-19)10-5-3-2-4-6-10/h2-6,8,11,19H,7,14H2,1H3,(H2,15,16,17,18). The number of hydrogen-bond acceptors (Lipinski definition) is 6. The fourth-order valence-electron chi connectivity index (χ4n) is 1.83. The van der Waals surface area contributed by atoms with Crippen molar-refractivity contribution in [1.82, 2.24) is 9.97 Å². The van der Waals surface area contributed by atoms with Gasteiger partial charge in [0.05, 0.1) is 12.6 Å². The summed E-state index contributed by atoms with van der Waals surface area (Å²) in [5.74, 6) is 6.58. The molecule has 5 N–H and O–H groups in total. The van der Waals surface area contributed by atoms with Gasteiger partial charge in [0, 0.05) is 5.56 Å². The van der Waals surface area contributed by atoms with Gasteiger partial charge in [0.25, 0.3) is 0 Å². The highest BCUT2D eigenvalue weighted by atomic mass is 16.3. The second-order valence-corrected chi connectivity index (χ2v) is 4.13. The zero-order valence-electron chi connectivity index (χ0n) is 10.7. The van der Waals surface area contributed by atoms with Crippen LogP contribution in [0.5, 0.6) is 0 Å². The molecular formula is C13H17N5O. The minimum absolute atomic E-state index is 0.0289. The van der Waals surface area contributed by atoms with E-state index in [0.717, 1.165) is 11.1 Å². The van der Waals surface area contributed by atoms with Gasteiger partial charge in [0.15, 0.2) is 0 Å². The molecule has 0 aliphatic rings. The second-order valence-electron chi connectivity index (χ2n) is 4.13. The van der Waals surface area contributed by atoms with Crippen LogP contribution in [-0.2, 0) is 0 Å². The van der Waals surface area contributed by atoms with Gasteiger partial charge in [-0.15, -0.1) is 0 Å². The lowest BCUT2D eigenvalue weighted by Crippen LogP contribution is -2.18. The number of nitrogens with one attached hydrogen (secondary N) is 2. The third kappa shape index (κ3) is 2.98. The number of nitrogen functional groups attached to an aromatic ring is 1. The van der Waals surface area contributed by atoms with Gasteiger partial charge in [0.1, 0.15) is 18.0 Å². The van der Waals surface area contributed by atoms with E-state index in [0.29, 0.717) is 11.6 Å². The summed E-state index contributed by atoms with van der Waals surface area (Å²) in [6.07, 6.45) is 1.42. The molecule has 0 saturated heterocycles. The van der Waals surface area contributed by atoms with Crippen molar-refractivity contribution in [2.45, 2.75) is 13.0 Å². The predicted molar refractivity (Wildman–Crippen MR) is 74.5 cm³/mol. The Morgan fingerprint density at radius 1 is 1.21 bits per heavy atom. The molecule has 19 heavy (non-hydrogen) atoms. The number of aliphatic hydroxyl groups excluding tert-OH is 1. The zero-order chi connectivity index (χ0) is 13.7. The largest absolute Gasteiger partial charge is 0.394 e. The van der Waals surface area contributed by atoms with E-state index in [1.807, 2.05) is 37.3 Å². The summed E-state index contributed by atoms with van der Waals surface area (Å²) < 4.78 is 0. The van der Waals surface area contributed by atoms with Crippen LogP contribution >= 0.6 is 0 Å². The zero-order valence-corrected chi connectivity index (χ0v) is 10.7. The Bertz CT molecular complexity index is 532. The van der Waals surface area contributed by atoms with Crippen molar-refractivity contribution in [2.24, 2.45) is 5.84 Å². The molecule has 1 unspecified atom stereocenters. The van der Waals surface area contributed by atoms with Gasteiger partial charge in [-0.05, 0) is 12.5 Å². The molecular weight excluding hydrogens is 242 g/mol. The summed E-state index contributed by atoms with van der Waals surface area (Å²) in [7, 11) is 0. The van der Waals surface area contributed by atoms with Crippen LogP contribution in [0.1, 0.15) is 17.2 Å². The van der Waals surface area contributed by atoms with Crippen molar-refractivity contribution in [3.05, 3.63) is 47.8 Å². The van der Waals surface area contributed by atoms with Crippen molar-refractivity contribution < 1.29 is 5.11 Å². The minimum atomic E-state index is -0.222. The molecule has 0 amide bonds. The van der Waals surface area contributed by atoms with Crippen molar-refractivity contribution >= 4 is 11.6 Å². The molecule has 0 radical (unpaired) electrons. The number of hydrazine groups is 1. The molecule has 6 nitrogen and oxygen atoms in total. The minimum Gasteiger partial charge on any atom is -0.394 e. The highest BCUT2D eigenvalue weighted by molar-refractivity contribution is 5.56. The van der Waals surface area contributed by atoms with Gasteiger partial charge in [-0.25, -0.2) is 15.8 Å². The van der Waals surface area contributed by atoms with E-state index in [9.17, 15) is 5.11 Å². The Balaban J connectivity index is 2.24. The number of nitrogens with zero attached hydrogens (tertiary/aromatic N) is 2.